The number of sulfonamides is 1. The Labute approximate surface area is 167 Å². The van der Waals surface area contributed by atoms with Crippen molar-refractivity contribution >= 4 is 21.6 Å². The first-order valence-corrected chi connectivity index (χ1v) is 11.0. The first-order valence-electron chi connectivity index (χ1n) is 9.14. The van der Waals surface area contributed by atoms with Crippen LogP contribution >= 0.6 is 0 Å². The minimum Gasteiger partial charge on any atom is -0.497 e. The van der Waals surface area contributed by atoms with Gasteiger partial charge in [-0.1, -0.05) is 36.8 Å². The lowest BCUT2D eigenvalue weighted by Crippen LogP contribution is -2.41. The molecule has 0 aromatic heterocycles. The van der Waals surface area contributed by atoms with E-state index in [2.05, 4.69) is 11.4 Å². The molecule has 7 heteroatoms. The van der Waals surface area contributed by atoms with Gasteiger partial charge in [-0.05, 0) is 43.5 Å². The van der Waals surface area contributed by atoms with E-state index in [1.807, 2.05) is 32.9 Å². The Morgan fingerprint density at radius 3 is 2.46 bits per heavy atom. The second-order valence-corrected chi connectivity index (χ2v) is 8.77. The van der Waals surface area contributed by atoms with Crippen LogP contribution in [0.5, 0.6) is 5.75 Å². The molecule has 2 aromatic carbocycles. The molecule has 6 nitrogen and oxygen atoms in total. The molecule has 0 radical (unpaired) electrons. The van der Waals surface area contributed by atoms with Crippen molar-refractivity contribution in [2.24, 2.45) is 0 Å². The summed E-state index contributed by atoms with van der Waals surface area (Å²) in [5.41, 5.74) is 3.67. The van der Waals surface area contributed by atoms with Crippen LogP contribution < -0.4 is 14.4 Å². The SMILES string of the molecule is CC[C@H](NC(=O)CN(c1cccc(OC)c1)S(C)(=O)=O)c1ccc(C)cc1C. The lowest BCUT2D eigenvalue weighted by Gasteiger charge is -2.25. The third-order valence-electron chi connectivity index (χ3n) is 4.57. The number of aryl methyl sites for hydroxylation is 2. The molecule has 0 spiro atoms. The largest absolute Gasteiger partial charge is 0.497 e. The number of methoxy groups -OCH3 is 1. The van der Waals surface area contributed by atoms with E-state index in [1.54, 1.807) is 24.3 Å². The molecule has 2 rings (SSSR count). The lowest BCUT2D eigenvalue weighted by atomic mass is 9.97. The van der Waals surface area contributed by atoms with E-state index < -0.39 is 10.0 Å². The predicted molar refractivity (Wildman–Crippen MR) is 112 cm³/mol. The average molecular weight is 405 g/mol. The number of nitrogens with zero attached hydrogens (tertiary/aromatic N) is 1. The second-order valence-electron chi connectivity index (χ2n) is 6.86. The number of ether oxygens (including phenoxy) is 1. The maximum Gasteiger partial charge on any atom is 0.241 e. The van der Waals surface area contributed by atoms with E-state index in [4.69, 9.17) is 4.74 Å². The van der Waals surface area contributed by atoms with Gasteiger partial charge in [0.2, 0.25) is 15.9 Å². The van der Waals surface area contributed by atoms with Gasteiger partial charge in [-0.3, -0.25) is 9.10 Å². The summed E-state index contributed by atoms with van der Waals surface area (Å²) in [4.78, 5) is 12.7. The standard InChI is InChI=1S/C21H28N2O4S/c1-6-20(19-11-10-15(2)12-16(19)3)22-21(24)14-23(28(5,25)26)17-8-7-9-18(13-17)27-4/h7-13,20H,6,14H2,1-5H3,(H,22,24)/t20-/m0/s1. The molecule has 2 aromatic rings. The minimum absolute atomic E-state index is 0.181. The monoisotopic (exact) mass is 404 g/mol. The number of hydrogen-bond acceptors (Lipinski definition) is 4. The van der Waals surface area contributed by atoms with Crippen molar-refractivity contribution in [3.05, 3.63) is 59.2 Å². The van der Waals surface area contributed by atoms with Crippen LogP contribution in [-0.4, -0.2) is 34.2 Å². The first-order chi connectivity index (χ1) is 13.2. The molecule has 0 aliphatic rings. The number of benzene rings is 2. The minimum atomic E-state index is -3.64. The van der Waals surface area contributed by atoms with Crippen LogP contribution in [0.4, 0.5) is 5.69 Å². The summed E-state index contributed by atoms with van der Waals surface area (Å²) in [7, 11) is -2.14. The summed E-state index contributed by atoms with van der Waals surface area (Å²) in [5, 5.41) is 2.97. The van der Waals surface area contributed by atoms with Gasteiger partial charge in [0.1, 0.15) is 12.3 Å². The van der Waals surface area contributed by atoms with Gasteiger partial charge in [-0.25, -0.2) is 8.42 Å². The van der Waals surface area contributed by atoms with Crippen LogP contribution in [0.1, 0.15) is 36.1 Å². The van der Waals surface area contributed by atoms with Gasteiger partial charge in [0.05, 0.1) is 25.1 Å². The summed E-state index contributed by atoms with van der Waals surface area (Å²) < 4.78 is 30.8. The Balaban J connectivity index is 2.23. The molecule has 152 valence electrons. The maximum absolute atomic E-state index is 12.7. The average Bonchev–Trinajstić information content (AvgIpc) is 2.63. The van der Waals surface area contributed by atoms with E-state index in [1.165, 1.54) is 7.11 Å². The Bertz CT molecular complexity index is 941. The Kier molecular flexibility index (Phi) is 7.07. The highest BCUT2D eigenvalue weighted by Gasteiger charge is 2.23. The first kappa shape index (κ1) is 21.8. The fourth-order valence-corrected chi connectivity index (χ4v) is 4.00. The molecule has 0 saturated heterocycles. The molecule has 0 saturated carbocycles. The highest BCUT2D eigenvalue weighted by Crippen LogP contribution is 2.24. The molecule has 0 fully saturated rings. The fraction of sp³-hybridized carbons (Fsp3) is 0.381. The molecule has 0 bridgehead atoms. The smallest absolute Gasteiger partial charge is 0.241 e. The zero-order valence-corrected chi connectivity index (χ0v) is 17.8. The quantitative estimate of drug-likeness (QED) is 0.732. The zero-order valence-electron chi connectivity index (χ0n) is 17.0. The summed E-state index contributed by atoms with van der Waals surface area (Å²) in [6.07, 6.45) is 1.79. The molecule has 0 aliphatic heterocycles. The van der Waals surface area contributed by atoms with E-state index >= 15 is 0 Å². The summed E-state index contributed by atoms with van der Waals surface area (Å²) >= 11 is 0. The highest BCUT2D eigenvalue weighted by molar-refractivity contribution is 7.92. The van der Waals surface area contributed by atoms with Crippen molar-refractivity contribution in [2.45, 2.75) is 33.2 Å². The second kappa shape index (κ2) is 9.10. The summed E-state index contributed by atoms with van der Waals surface area (Å²) in [6.45, 7) is 5.72. The Hall–Kier alpha value is -2.54. The van der Waals surface area contributed by atoms with E-state index in [0.717, 1.165) is 27.3 Å². The lowest BCUT2D eigenvalue weighted by molar-refractivity contribution is -0.120. The molecular weight excluding hydrogens is 376 g/mol. The van der Waals surface area contributed by atoms with Crippen LogP contribution in [0.15, 0.2) is 42.5 Å². The van der Waals surface area contributed by atoms with Gasteiger partial charge in [0, 0.05) is 6.07 Å². The van der Waals surface area contributed by atoms with Gasteiger partial charge in [0.25, 0.3) is 0 Å². The molecule has 28 heavy (non-hydrogen) atoms. The Morgan fingerprint density at radius 1 is 1.18 bits per heavy atom. The normalized spacial score (nSPS) is 12.3. The van der Waals surface area contributed by atoms with Gasteiger partial charge in [0.15, 0.2) is 0 Å². The zero-order chi connectivity index (χ0) is 20.9. The van der Waals surface area contributed by atoms with Gasteiger partial charge in [-0.15, -0.1) is 0 Å². The van der Waals surface area contributed by atoms with Crippen LogP contribution in [0.2, 0.25) is 0 Å². The van der Waals surface area contributed by atoms with E-state index in [-0.39, 0.29) is 18.5 Å². The van der Waals surface area contributed by atoms with Crippen molar-refractivity contribution in [2.75, 3.05) is 24.2 Å². The summed E-state index contributed by atoms with van der Waals surface area (Å²) in [6, 6.07) is 12.6. The van der Waals surface area contributed by atoms with Gasteiger partial charge in [-0.2, -0.15) is 0 Å². The molecule has 0 heterocycles. The third-order valence-corrected chi connectivity index (χ3v) is 5.71. The number of hydrogen-bond donors (Lipinski definition) is 1. The van der Waals surface area contributed by atoms with Crippen LogP contribution in [0.25, 0.3) is 0 Å². The molecular formula is C21H28N2O4S. The number of nitrogens with one attached hydrogen (secondary N) is 1. The molecule has 0 unspecified atom stereocenters. The molecule has 0 aliphatic carbocycles. The topological polar surface area (TPSA) is 75.7 Å². The fourth-order valence-electron chi connectivity index (χ4n) is 3.15. The number of anilines is 1. The van der Waals surface area contributed by atoms with Crippen molar-refractivity contribution in [1.82, 2.24) is 5.32 Å². The third kappa shape index (κ3) is 5.48. The number of carbonyl (C=O) groups excluding carboxylic acids is 1. The predicted octanol–water partition coefficient (Wildman–Crippen LogP) is 3.35. The van der Waals surface area contributed by atoms with Gasteiger partial charge < -0.3 is 10.1 Å². The van der Waals surface area contributed by atoms with E-state index in [0.29, 0.717) is 17.9 Å². The number of carbonyl (C=O) groups is 1. The van der Waals surface area contributed by atoms with Crippen molar-refractivity contribution in [1.29, 1.82) is 0 Å². The number of amides is 1. The Morgan fingerprint density at radius 2 is 1.89 bits per heavy atom. The highest BCUT2D eigenvalue weighted by atomic mass is 32.2. The molecule has 1 amide bonds. The summed E-state index contributed by atoms with van der Waals surface area (Å²) in [5.74, 6) is 0.161. The van der Waals surface area contributed by atoms with Crippen LogP contribution in [0, 0.1) is 13.8 Å². The molecule has 1 atom stereocenters. The molecule has 1 N–H and O–H groups in total. The van der Waals surface area contributed by atoms with Crippen molar-refractivity contribution in [3.63, 3.8) is 0 Å². The van der Waals surface area contributed by atoms with Crippen molar-refractivity contribution < 1.29 is 17.9 Å². The van der Waals surface area contributed by atoms with Crippen molar-refractivity contribution in [3.8, 4) is 5.75 Å². The van der Waals surface area contributed by atoms with E-state index in [9.17, 15) is 13.2 Å². The van der Waals surface area contributed by atoms with Crippen LogP contribution in [0.3, 0.4) is 0 Å². The van der Waals surface area contributed by atoms with Crippen LogP contribution in [-0.2, 0) is 14.8 Å². The number of rotatable bonds is 8. The maximum atomic E-state index is 12.7. The van der Waals surface area contributed by atoms with Gasteiger partial charge >= 0.3 is 0 Å².